The molecule has 32 nitrogen and oxygen atoms in total. The molecule has 40 heteroatoms. The molecule has 24 rings (SSSR count). The maximum atomic E-state index is 9.47. The zero-order chi connectivity index (χ0) is 105. The zero-order valence-electron chi connectivity index (χ0n) is 83.4. The third-order valence-corrected chi connectivity index (χ3v) is 30.7. The van der Waals surface area contributed by atoms with Crippen molar-refractivity contribution in [3.63, 3.8) is 0 Å². The minimum atomic E-state index is 0.239. The number of pyridine rings is 7. The second kappa shape index (κ2) is 49.5. The number of phenolic OH excluding ortho intramolecular Hbond substituents is 3. The topological polar surface area (TPSA) is 409 Å². The molecule has 756 valence electrons. The number of phenols is 3. The summed E-state index contributed by atoms with van der Waals surface area (Å²) in [4.78, 5) is 79.1. The highest BCUT2D eigenvalue weighted by Gasteiger charge is 2.18. The Bertz CT molecular complexity index is 8460. The van der Waals surface area contributed by atoms with Gasteiger partial charge in [0.15, 0.2) is 0 Å². The number of ether oxygens (including phenoxy) is 4. The standard InChI is InChI=1S/2C15H15N3OS.3C14H13N3OS.C13H12N4S.C13H11N3OS.C12H9N3OS/c1-18(2)14-7-4-10(9-16-14)15-17-12-6-5-11(19-3)8-13(12)20-15;1-3-16-14-7-4-10(9-17-14)15-18-12-6-5-11(19-2)8-13(12)20-15;1-15-13-6-3-9(8-16-13)14-17-11-7-10(18-2)4-5-12(11)19-14;1-17(2)13-6-3-9(8-15-13)14-16-11-5-4-10(18)7-12(11)19-14;1-2-15-13-6-3-9(8-16-13)14-17-11-5-4-10(18)7-12(11)19-14;1-15-12-5-2-8(7-16-12)13-17-10-6-9(14)3-4-11(10)18-13;1-14-12-5-2-8(7-15-12)13-16-10-6-9(17)3-4-11(10)18-13;1-16-12-13-6-8(7-14-12)11-15-9-4-2-3-5-10(9)17-11/h4-9H,1-3H3;4-9H,3H2,1-2H3,(H,16,17);3-8H,1-2H3,(H,15,16);3-8,18H,1-2H3;3-8,18H,2H2,1H3,(H,15,16);2-7H,14H2,1H3,(H,15,16);2-7,17H,1H3,(H,14,15);2-7H,1H3. The molecule has 150 heavy (non-hydrogen) atoms. The summed E-state index contributed by atoms with van der Waals surface area (Å²) >= 11 is 12.9. The summed E-state index contributed by atoms with van der Waals surface area (Å²) in [6, 6.07) is 75.5. The quantitative estimate of drug-likeness (QED) is 0.0302. The average molecular weight is 2140 g/mol. The third-order valence-electron chi connectivity index (χ3n) is 22.1. The van der Waals surface area contributed by atoms with Gasteiger partial charge in [-0.25, -0.2) is 84.7 Å². The summed E-state index contributed by atoms with van der Waals surface area (Å²) in [5.41, 5.74) is 22.0. The molecular formula is C110H101N25O7S8. The normalized spacial score (nSPS) is 10.7. The van der Waals surface area contributed by atoms with Crippen LogP contribution in [0.15, 0.2) is 292 Å². The van der Waals surface area contributed by atoms with Crippen molar-refractivity contribution in [3.05, 3.63) is 292 Å². The first-order chi connectivity index (χ1) is 73.0. The van der Waals surface area contributed by atoms with Crippen LogP contribution in [0.2, 0.25) is 0 Å². The SMILES string of the molecule is CCNc1ccc(-c2nc3ccc(O)cc3s2)cn1.CCNc1ccc(-c2nc3ccc(OC)cc3s2)cn1.CN(C)c1ccc(-c2nc3ccc(O)cc3s2)cn1.CNc1ccc(-c2nc3cc(N)ccc3s2)cn1.CNc1ccc(-c2nc3cc(O)ccc3s2)cn1.CNc1ccc(-c2nc3cc(OC)ccc3s2)cn1.COc1ccc2nc(-c3ccc(N(C)C)nc3)sc2c1.COc1ncc(-c2nc3ccccc3s2)cn1. The fourth-order valence-electron chi connectivity index (χ4n) is 14.3. The van der Waals surface area contributed by atoms with E-state index in [0.29, 0.717) is 6.01 Å². The first-order valence-electron chi connectivity index (χ1n) is 46.7. The van der Waals surface area contributed by atoms with Crippen LogP contribution < -0.4 is 61.1 Å². The number of thiazole rings is 8. The fourth-order valence-corrected chi connectivity index (χ4v) is 22.0. The summed E-state index contributed by atoms with van der Waals surface area (Å²) in [7, 11) is 20.0. The van der Waals surface area contributed by atoms with Crippen molar-refractivity contribution < 1.29 is 34.3 Å². The second-order valence-corrected chi connectivity index (χ2v) is 41.1. The molecule has 16 aromatic heterocycles. The number of aromatic hydroxyl groups is 3. The molecule has 0 atom stereocenters. The Kier molecular flexibility index (Phi) is 34.4. The van der Waals surface area contributed by atoms with Crippen LogP contribution in [0.5, 0.6) is 40.5 Å². The number of nitrogens with two attached hydrogens (primary N) is 1. The van der Waals surface area contributed by atoms with Crippen LogP contribution in [0.3, 0.4) is 0 Å². The lowest BCUT2D eigenvalue weighted by atomic mass is 10.3. The molecule has 0 saturated carbocycles. The molecule has 0 aliphatic carbocycles. The number of aromatic nitrogens is 17. The van der Waals surface area contributed by atoms with Gasteiger partial charge in [-0.3, -0.25) is 0 Å². The average Bonchev–Trinajstić information content (AvgIpc) is 1.64. The highest BCUT2D eigenvalue weighted by atomic mass is 32.1. The number of methoxy groups -OCH3 is 4. The highest BCUT2D eigenvalue weighted by Crippen LogP contribution is 2.41. The van der Waals surface area contributed by atoms with Crippen molar-refractivity contribution in [1.82, 2.24) is 84.7 Å². The zero-order valence-corrected chi connectivity index (χ0v) is 90.0. The van der Waals surface area contributed by atoms with Crippen molar-refractivity contribution in [1.29, 1.82) is 0 Å². The van der Waals surface area contributed by atoms with E-state index >= 15 is 0 Å². The molecule has 0 fully saturated rings. The first kappa shape index (κ1) is 104. The lowest BCUT2D eigenvalue weighted by Gasteiger charge is -2.10. The van der Waals surface area contributed by atoms with Gasteiger partial charge in [-0.05, 0) is 226 Å². The smallest absolute Gasteiger partial charge is 0.316 e. The van der Waals surface area contributed by atoms with Crippen LogP contribution in [-0.4, -0.2) is 191 Å². The lowest BCUT2D eigenvalue weighted by Crippen LogP contribution is -2.09. The molecule has 8 aromatic carbocycles. The van der Waals surface area contributed by atoms with Gasteiger partial charge in [-0.2, -0.15) is 0 Å². The maximum Gasteiger partial charge on any atom is 0.316 e. The predicted molar refractivity (Wildman–Crippen MR) is 622 cm³/mol. The molecule has 0 amide bonds. The lowest BCUT2D eigenvalue weighted by molar-refractivity contribution is 0.380. The van der Waals surface area contributed by atoms with Crippen molar-refractivity contribution in [2.75, 3.05) is 133 Å². The van der Waals surface area contributed by atoms with Crippen LogP contribution in [-0.2, 0) is 0 Å². The summed E-state index contributed by atoms with van der Waals surface area (Å²) in [6.07, 6.45) is 16.3. The molecular weight excluding hydrogens is 2040 g/mol. The van der Waals surface area contributed by atoms with E-state index < -0.39 is 0 Å². The molecule has 0 unspecified atom stereocenters. The van der Waals surface area contributed by atoms with Crippen molar-refractivity contribution in [2.45, 2.75) is 13.8 Å². The molecule has 0 radical (unpaired) electrons. The van der Waals surface area contributed by atoms with E-state index in [-0.39, 0.29) is 17.2 Å². The molecule has 0 aliphatic heterocycles. The fraction of sp³-hybridized carbons (Fsp3) is 0.136. The van der Waals surface area contributed by atoms with Gasteiger partial charge in [0, 0.05) is 181 Å². The van der Waals surface area contributed by atoms with Crippen LogP contribution in [0.1, 0.15) is 13.8 Å². The Hall–Kier alpha value is -17.0. The third kappa shape index (κ3) is 26.5. The summed E-state index contributed by atoms with van der Waals surface area (Å²) in [5.74, 6) is 9.46. The molecule has 16 heterocycles. The Balaban J connectivity index is 0.000000117. The Labute approximate surface area is 895 Å². The monoisotopic (exact) mass is 2140 g/mol. The Morgan fingerprint density at radius 3 is 0.887 bits per heavy atom. The van der Waals surface area contributed by atoms with Gasteiger partial charge in [0.25, 0.3) is 0 Å². The molecule has 0 bridgehead atoms. The van der Waals surface area contributed by atoms with Crippen molar-refractivity contribution in [3.8, 4) is 125 Å². The molecule has 0 spiro atoms. The van der Waals surface area contributed by atoms with Crippen LogP contribution >= 0.6 is 90.7 Å². The number of benzene rings is 8. The molecule has 0 aliphatic rings. The number of para-hydroxylation sites is 1. The van der Waals surface area contributed by atoms with E-state index in [0.717, 1.165) is 238 Å². The number of rotatable bonds is 21. The van der Waals surface area contributed by atoms with Gasteiger partial charge in [-0.15, -0.1) is 90.7 Å². The van der Waals surface area contributed by atoms with Gasteiger partial charge < -0.3 is 76.4 Å². The van der Waals surface area contributed by atoms with Gasteiger partial charge >= 0.3 is 6.01 Å². The molecule has 10 N–H and O–H groups in total. The van der Waals surface area contributed by atoms with Gasteiger partial charge in [0.05, 0.1) is 110 Å². The van der Waals surface area contributed by atoms with Crippen LogP contribution in [0.25, 0.3) is 166 Å². The number of nitrogens with zero attached hydrogens (tertiary/aromatic N) is 19. The minimum absolute atomic E-state index is 0.239. The first-order valence-corrected chi connectivity index (χ1v) is 53.2. The highest BCUT2D eigenvalue weighted by molar-refractivity contribution is 7.24. The Morgan fingerprint density at radius 1 is 0.260 bits per heavy atom. The molecule has 24 aromatic rings. The van der Waals surface area contributed by atoms with Gasteiger partial charge in [0.2, 0.25) is 0 Å². The van der Waals surface area contributed by atoms with Gasteiger partial charge in [0.1, 0.15) is 115 Å². The summed E-state index contributed by atoms with van der Waals surface area (Å²) in [5, 5.41) is 51.2. The van der Waals surface area contributed by atoms with E-state index in [2.05, 4.69) is 130 Å². The number of hydrogen-bond acceptors (Lipinski definition) is 40. The van der Waals surface area contributed by atoms with Crippen LogP contribution in [0.4, 0.5) is 46.4 Å². The minimum Gasteiger partial charge on any atom is -0.508 e. The number of anilines is 8. The van der Waals surface area contributed by atoms with E-state index in [1.807, 2.05) is 291 Å². The predicted octanol–water partition coefficient (Wildman–Crippen LogP) is 26.1. The number of nitrogens with one attached hydrogen (secondary N) is 5. The van der Waals surface area contributed by atoms with E-state index in [9.17, 15) is 15.3 Å². The largest absolute Gasteiger partial charge is 0.508 e. The van der Waals surface area contributed by atoms with E-state index in [4.69, 9.17) is 24.7 Å². The van der Waals surface area contributed by atoms with Crippen molar-refractivity contribution >= 4 is 219 Å². The van der Waals surface area contributed by atoms with Gasteiger partial charge in [-0.1, -0.05) is 12.1 Å². The van der Waals surface area contributed by atoms with Crippen molar-refractivity contribution in [2.24, 2.45) is 0 Å². The van der Waals surface area contributed by atoms with Crippen LogP contribution in [0, 0.1) is 0 Å². The second-order valence-electron chi connectivity index (χ2n) is 32.8. The number of hydrogen-bond donors (Lipinski definition) is 9. The maximum absolute atomic E-state index is 9.47. The molecule has 0 saturated heterocycles. The summed E-state index contributed by atoms with van der Waals surface area (Å²) in [6.45, 7) is 5.81. The van der Waals surface area contributed by atoms with E-state index in [1.54, 1.807) is 174 Å². The number of fused-ring (bicyclic) bond motifs is 8. The Morgan fingerprint density at radius 2 is 0.540 bits per heavy atom. The summed E-state index contributed by atoms with van der Waals surface area (Å²) < 4.78 is 29.3. The van der Waals surface area contributed by atoms with E-state index in [1.165, 1.54) is 4.70 Å². The number of nitrogen functional groups attached to an aromatic ring is 1.